The van der Waals surface area contributed by atoms with Crippen LogP contribution in [0.5, 0.6) is 0 Å². The quantitative estimate of drug-likeness (QED) is 0.859. The molecule has 1 aromatic rings. The van der Waals surface area contributed by atoms with Crippen molar-refractivity contribution in [3.05, 3.63) is 16.1 Å². The number of nitrogens with zero attached hydrogens (tertiary/aromatic N) is 1. The van der Waals surface area contributed by atoms with Gasteiger partial charge in [0.15, 0.2) is 0 Å². The number of aliphatic hydroxyl groups is 1. The van der Waals surface area contributed by atoms with Gasteiger partial charge in [0.1, 0.15) is 0 Å². The number of thiazole rings is 1. The second kappa shape index (κ2) is 5.05. The lowest BCUT2D eigenvalue weighted by molar-refractivity contribution is 0.0818. The topological polar surface area (TPSA) is 42.4 Å². The van der Waals surface area contributed by atoms with Crippen molar-refractivity contribution in [1.29, 1.82) is 0 Å². The fourth-order valence-electron chi connectivity index (χ4n) is 1.98. The monoisotopic (exact) mass is 227 g/mol. The zero-order valence-electron chi connectivity index (χ0n) is 8.98. The van der Waals surface area contributed by atoms with E-state index in [1.54, 1.807) is 5.51 Å². The molecule has 1 aromatic heterocycles. The first-order chi connectivity index (χ1) is 7.27. The number of aryl methyl sites for hydroxylation is 1. The fourth-order valence-corrected chi connectivity index (χ4v) is 2.80. The Morgan fingerprint density at radius 1 is 1.73 bits per heavy atom. The maximum atomic E-state index is 9.97. The highest BCUT2D eigenvalue weighted by Gasteiger charge is 2.19. The smallest absolute Gasteiger partial charge is 0.0901 e. The lowest BCUT2D eigenvalue weighted by atomic mass is 10.1. The van der Waals surface area contributed by atoms with Crippen LogP contribution in [0.4, 0.5) is 0 Å². The molecule has 0 radical (unpaired) electrons. The van der Waals surface area contributed by atoms with E-state index in [0.29, 0.717) is 6.10 Å². The second-order valence-electron chi connectivity index (χ2n) is 4.03. The van der Waals surface area contributed by atoms with Crippen LogP contribution in [0.3, 0.4) is 0 Å². The van der Waals surface area contributed by atoms with Crippen LogP contribution in [0.25, 0.3) is 0 Å². The lowest BCUT2D eigenvalue weighted by Gasteiger charge is -2.12. The highest BCUT2D eigenvalue weighted by atomic mass is 32.1. The van der Waals surface area contributed by atoms with Gasteiger partial charge in [0.05, 0.1) is 28.3 Å². The number of aromatic nitrogens is 1. The van der Waals surface area contributed by atoms with Crippen LogP contribution in [0.1, 0.15) is 42.4 Å². The summed E-state index contributed by atoms with van der Waals surface area (Å²) in [5.74, 6) is 0. The molecule has 1 aliphatic rings. The van der Waals surface area contributed by atoms with Crippen LogP contribution in [-0.4, -0.2) is 22.8 Å². The van der Waals surface area contributed by atoms with Gasteiger partial charge in [-0.25, -0.2) is 4.98 Å². The van der Waals surface area contributed by atoms with E-state index < -0.39 is 0 Å². The molecular weight excluding hydrogens is 210 g/mol. The van der Waals surface area contributed by atoms with E-state index in [1.165, 1.54) is 17.8 Å². The Kier molecular flexibility index (Phi) is 3.72. The van der Waals surface area contributed by atoms with Crippen LogP contribution >= 0.6 is 11.3 Å². The molecule has 3 nitrogen and oxygen atoms in total. The SMILES string of the molecule is Cc1ncsc1C(O)CCC1CCCO1. The molecule has 0 bridgehead atoms. The van der Waals surface area contributed by atoms with Crippen LogP contribution in [-0.2, 0) is 4.74 Å². The largest absolute Gasteiger partial charge is 0.388 e. The summed E-state index contributed by atoms with van der Waals surface area (Å²) in [6, 6.07) is 0. The Balaban J connectivity index is 1.81. The number of ether oxygens (including phenoxy) is 1. The Bertz CT molecular complexity index is 307. The molecule has 0 aliphatic carbocycles. The van der Waals surface area contributed by atoms with Gasteiger partial charge in [0, 0.05) is 6.61 Å². The summed E-state index contributed by atoms with van der Waals surface area (Å²) < 4.78 is 5.53. The van der Waals surface area contributed by atoms with Crippen molar-refractivity contribution in [1.82, 2.24) is 4.98 Å². The van der Waals surface area contributed by atoms with Crippen molar-refractivity contribution in [2.45, 2.75) is 44.8 Å². The van der Waals surface area contributed by atoms with Gasteiger partial charge in [-0.2, -0.15) is 0 Å². The van der Waals surface area contributed by atoms with Crippen LogP contribution in [0, 0.1) is 6.92 Å². The highest BCUT2D eigenvalue weighted by molar-refractivity contribution is 7.09. The van der Waals surface area contributed by atoms with Crippen LogP contribution < -0.4 is 0 Å². The summed E-state index contributed by atoms with van der Waals surface area (Å²) in [5, 5.41) is 9.97. The van der Waals surface area contributed by atoms with Crippen LogP contribution in [0.15, 0.2) is 5.51 Å². The molecule has 0 spiro atoms. The zero-order valence-corrected chi connectivity index (χ0v) is 9.80. The van der Waals surface area contributed by atoms with E-state index in [4.69, 9.17) is 4.74 Å². The minimum atomic E-state index is -0.360. The first-order valence-corrected chi connectivity index (χ1v) is 6.35. The maximum Gasteiger partial charge on any atom is 0.0901 e. The van der Waals surface area contributed by atoms with Gasteiger partial charge in [-0.3, -0.25) is 0 Å². The summed E-state index contributed by atoms with van der Waals surface area (Å²) in [6.45, 7) is 2.83. The van der Waals surface area contributed by atoms with Gasteiger partial charge in [-0.15, -0.1) is 11.3 Å². The minimum absolute atomic E-state index is 0.360. The molecule has 2 unspecified atom stereocenters. The third-order valence-corrected chi connectivity index (χ3v) is 3.90. The molecule has 0 amide bonds. The Hall–Kier alpha value is -0.450. The molecule has 1 saturated heterocycles. The molecule has 2 atom stereocenters. The normalized spacial score (nSPS) is 23.2. The molecule has 15 heavy (non-hydrogen) atoms. The van der Waals surface area contributed by atoms with Crippen molar-refractivity contribution in [2.75, 3.05) is 6.61 Å². The van der Waals surface area contributed by atoms with Crippen molar-refractivity contribution >= 4 is 11.3 Å². The third-order valence-electron chi connectivity index (χ3n) is 2.87. The van der Waals surface area contributed by atoms with E-state index in [2.05, 4.69) is 4.98 Å². The second-order valence-corrected chi connectivity index (χ2v) is 4.92. The fraction of sp³-hybridized carbons (Fsp3) is 0.727. The van der Waals surface area contributed by atoms with E-state index in [9.17, 15) is 5.11 Å². The van der Waals surface area contributed by atoms with Crippen LogP contribution in [0.2, 0.25) is 0 Å². The minimum Gasteiger partial charge on any atom is -0.388 e. The van der Waals surface area contributed by atoms with Gasteiger partial charge >= 0.3 is 0 Å². The molecule has 0 saturated carbocycles. The lowest BCUT2D eigenvalue weighted by Crippen LogP contribution is -2.07. The Morgan fingerprint density at radius 2 is 2.60 bits per heavy atom. The predicted octanol–water partition coefficient (Wildman–Crippen LogP) is 2.44. The van der Waals surface area contributed by atoms with Crippen molar-refractivity contribution in [2.24, 2.45) is 0 Å². The summed E-state index contributed by atoms with van der Waals surface area (Å²) >= 11 is 1.54. The number of rotatable bonds is 4. The molecule has 84 valence electrons. The first-order valence-electron chi connectivity index (χ1n) is 5.47. The van der Waals surface area contributed by atoms with E-state index in [-0.39, 0.29) is 6.10 Å². The van der Waals surface area contributed by atoms with Gasteiger partial charge in [0.25, 0.3) is 0 Å². The molecule has 1 N–H and O–H groups in total. The van der Waals surface area contributed by atoms with Crippen molar-refractivity contribution < 1.29 is 9.84 Å². The summed E-state index contributed by atoms with van der Waals surface area (Å²) in [5.41, 5.74) is 2.75. The molecule has 2 rings (SSSR count). The van der Waals surface area contributed by atoms with Crippen molar-refractivity contribution in [3.63, 3.8) is 0 Å². The number of hydrogen-bond donors (Lipinski definition) is 1. The molecule has 1 aliphatic heterocycles. The summed E-state index contributed by atoms with van der Waals surface area (Å²) in [7, 11) is 0. The Labute approximate surface area is 94.1 Å². The molecule has 2 heterocycles. The zero-order chi connectivity index (χ0) is 10.7. The van der Waals surface area contributed by atoms with Gasteiger partial charge in [-0.05, 0) is 32.6 Å². The van der Waals surface area contributed by atoms with Gasteiger partial charge < -0.3 is 9.84 Å². The average Bonchev–Trinajstić information content (AvgIpc) is 2.84. The number of hydrogen-bond acceptors (Lipinski definition) is 4. The molecular formula is C11H17NO2S. The molecule has 4 heteroatoms. The highest BCUT2D eigenvalue weighted by Crippen LogP contribution is 2.27. The number of aliphatic hydroxyl groups excluding tert-OH is 1. The Morgan fingerprint density at radius 3 is 3.20 bits per heavy atom. The summed E-state index contributed by atoms with van der Waals surface area (Å²) in [4.78, 5) is 5.15. The van der Waals surface area contributed by atoms with E-state index in [0.717, 1.165) is 36.4 Å². The molecule has 1 fully saturated rings. The maximum absolute atomic E-state index is 9.97. The first kappa shape index (κ1) is 11.0. The van der Waals surface area contributed by atoms with Gasteiger partial charge in [-0.1, -0.05) is 0 Å². The van der Waals surface area contributed by atoms with Gasteiger partial charge in [0.2, 0.25) is 0 Å². The van der Waals surface area contributed by atoms with E-state index >= 15 is 0 Å². The third kappa shape index (κ3) is 2.77. The standard InChI is InChI=1S/C11H17NO2S/c1-8-11(15-7-12-8)10(13)5-4-9-3-2-6-14-9/h7,9-10,13H,2-6H2,1H3. The summed E-state index contributed by atoms with van der Waals surface area (Å²) in [6.07, 6.45) is 4.07. The predicted molar refractivity (Wildman–Crippen MR) is 60.0 cm³/mol. The molecule has 0 aromatic carbocycles. The van der Waals surface area contributed by atoms with E-state index in [1.807, 2.05) is 6.92 Å². The van der Waals surface area contributed by atoms with Crippen molar-refractivity contribution in [3.8, 4) is 0 Å². The average molecular weight is 227 g/mol.